The van der Waals surface area contributed by atoms with Gasteiger partial charge < -0.3 is 19.9 Å². The lowest BCUT2D eigenvalue weighted by Gasteiger charge is -2.31. The number of piperidine rings is 1. The van der Waals surface area contributed by atoms with Crippen LogP contribution in [0.4, 0.5) is 11.4 Å². The number of carbonyl (C=O) groups is 3. The van der Waals surface area contributed by atoms with Crippen LogP contribution in [0.3, 0.4) is 0 Å². The lowest BCUT2D eigenvalue weighted by Crippen LogP contribution is -2.43. The summed E-state index contributed by atoms with van der Waals surface area (Å²) in [7, 11) is 3.84. The lowest BCUT2D eigenvalue weighted by atomic mass is 9.95. The second kappa shape index (κ2) is 11.7. The van der Waals surface area contributed by atoms with E-state index in [9.17, 15) is 19.6 Å². The molecule has 1 aliphatic rings. The molecule has 0 radical (unpaired) electrons. The number of nitriles is 1. The Labute approximate surface area is 199 Å². The maximum absolute atomic E-state index is 12.5. The number of hydrogen-bond donors (Lipinski definition) is 1. The fourth-order valence-corrected chi connectivity index (χ4v) is 3.63. The second-order valence-corrected chi connectivity index (χ2v) is 8.24. The predicted molar refractivity (Wildman–Crippen MR) is 130 cm³/mol. The summed E-state index contributed by atoms with van der Waals surface area (Å²) in [6.07, 6.45) is 2.50. The summed E-state index contributed by atoms with van der Waals surface area (Å²) in [4.78, 5) is 40.8. The molecule has 176 valence electrons. The Hall–Kier alpha value is -4.12. The van der Waals surface area contributed by atoms with Crippen LogP contribution >= 0.6 is 0 Å². The average molecular weight is 461 g/mol. The highest BCUT2D eigenvalue weighted by Gasteiger charge is 2.28. The number of hydrogen-bond acceptors (Lipinski definition) is 6. The highest BCUT2D eigenvalue weighted by atomic mass is 16.5. The van der Waals surface area contributed by atoms with E-state index >= 15 is 0 Å². The Kier molecular flexibility index (Phi) is 8.41. The first-order valence-corrected chi connectivity index (χ1v) is 11.1. The fourth-order valence-electron chi connectivity index (χ4n) is 3.63. The molecule has 0 aromatic heterocycles. The van der Waals surface area contributed by atoms with Gasteiger partial charge in [0.1, 0.15) is 11.6 Å². The van der Waals surface area contributed by atoms with E-state index in [-0.39, 0.29) is 23.3 Å². The van der Waals surface area contributed by atoms with E-state index in [1.807, 2.05) is 67.5 Å². The number of amides is 2. The van der Waals surface area contributed by atoms with Gasteiger partial charge in [-0.2, -0.15) is 5.26 Å². The second-order valence-electron chi connectivity index (χ2n) is 8.24. The number of anilines is 2. The summed E-state index contributed by atoms with van der Waals surface area (Å²) in [5.41, 5.74) is 2.24. The molecule has 8 heteroatoms. The van der Waals surface area contributed by atoms with Crippen molar-refractivity contribution in [3.8, 4) is 6.07 Å². The van der Waals surface area contributed by atoms with E-state index in [0.29, 0.717) is 31.5 Å². The number of carbonyl (C=O) groups excluding carboxylic acids is 3. The number of esters is 1. The molecule has 3 rings (SSSR count). The Bertz CT molecular complexity index is 1080. The van der Waals surface area contributed by atoms with Crippen LogP contribution in [0.15, 0.2) is 60.2 Å². The first kappa shape index (κ1) is 24.5. The number of para-hydroxylation sites is 1. The molecular weight excluding hydrogens is 432 g/mol. The van der Waals surface area contributed by atoms with Gasteiger partial charge in [-0.15, -0.1) is 0 Å². The van der Waals surface area contributed by atoms with Crippen molar-refractivity contribution in [2.45, 2.75) is 12.8 Å². The summed E-state index contributed by atoms with van der Waals surface area (Å²) in [6.45, 7) is 0.364. The molecular formula is C26H28N4O4. The topological polar surface area (TPSA) is 103 Å². The van der Waals surface area contributed by atoms with Gasteiger partial charge in [0.15, 0.2) is 6.61 Å². The standard InChI is InChI=1S/C26H28N4O4/c1-29(2)23-10-8-19(9-11-23)16-21(17-27)26(33)34-18-24(31)30-14-12-20(13-15-30)25(32)28-22-6-4-3-5-7-22/h3-11,16,20H,12-15,18H2,1-2H3,(H,28,32)/b21-16+. The van der Waals surface area contributed by atoms with Gasteiger partial charge in [0.05, 0.1) is 0 Å². The third-order valence-corrected chi connectivity index (χ3v) is 5.65. The minimum Gasteiger partial charge on any atom is -0.451 e. The number of rotatable bonds is 7. The molecule has 2 amide bonds. The van der Waals surface area contributed by atoms with Crippen LogP contribution in [0.25, 0.3) is 6.08 Å². The third kappa shape index (κ3) is 6.69. The van der Waals surface area contributed by atoms with Crippen LogP contribution in [-0.2, 0) is 19.1 Å². The molecule has 8 nitrogen and oxygen atoms in total. The molecule has 34 heavy (non-hydrogen) atoms. The molecule has 1 saturated heterocycles. The maximum Gasteiger partial charge on any atom is 0.349 e. The summed E-state index contributed by atoms with van der Waals surface area (Å²) in [5.74, 6) is -1.43. The first-order chi connectivity index (χ1) is 16.4. The zero-order valence-corrected chi connectivity index (χ0v) is 19.4. The lowest BCUT2D eigenvalue weighted by molar-refractivity contribution is -0.149. The third-order valence-electron chi connectivity index (χ3n) is 5.65. The Balaban J connectivity index is 1.47. The van der Waals surface area contributed by atoms with Crippen molar-refractivity contribution >= 4 is 35.2 Å². The largest absolute Gasteiger partial charge is 0.451 e. The zero-order chi connectivity index (χ0) is 24.5. The quantitative estimate of drug-likeness (QED) is 0.387. The fraction of sp³-hybridized carbons (Fsp3) is 0.308. The van der Waals surface area contributed by atoms with Gasteiger partial charge in [-0.25, -0.2) is 4.79 Å². The highest BCUT2D eigenvalue weighted by Crippen LogP contribution is 2.20. The average Bonchev–Trinajstić information content (AvgIpc) is 2.86. The molecule has 0 unspecified atom stereocenters. The van der Waals surface area contributed by atoms with Crippen molar-refractivity contribution in [2.24, 2.45) is 5.92 Å². The highest BCUT2D eigenvalue weighted by molar-refractivity contribution is 5.99. The molecule has 0 spiro atoms. The van der Waals surface area contributed by atoms with E-state index in [0.717, 1.165) is 11.4 Å². The van der Waals surface area contributed by atoms with Crippen molar-refractivity contribution < 1.29 is 19.1 Å². The van der Waals surface area contributed by atoms with Gasteiger partial charge in [-0.1, -0.05) is 30.3 Å². The van der Waals surface area contributed by atoms with E-state index in [4.69, 9.17) is 4.74 Å². The van der Waals surface area contributed by atoms with E-state index < -0.39 is 12.6 Å². The van der Waals surface area contributed by atoms with Crippen molar-refractivity contribution in [3.05, 3.63) is 65.7 Å². The van der Waals surface area contributed by atoms with Crippen LogP contribution in [-0.4, -0.2) is 56.5 Å². The summed E-state index contributed by atoms with van der Waals surface area (Å²) < 4.78 is 5.09. The number of likely N-dealkylation sites (tertiary alicyclic amines) is 1. The number of benzene rings is 2. The molecule has 2 aromatic carbocycles. The molecule has 0 atom stereocenters. The van der Waals surface area contributed by atoms with Gasteiger partial charge in [0.25, 0.3) is 5.91 Å². The summed E-state index contributed by atoms with van der Waals surface area (Å²) in [6, 6.07) is 18.4. The molecule has 2 aromatic rings. The minimum absolute atomic E-state index is 0.0628. The van der Waals surface area contributed by atoms with Gasteiger partial charge in [-0.05, 0) is 48.7 Å². The number of ether oxygens (including phenoxy) is 1. The van der Waals surface area contributed by atoms with Crippen molar-refractivity contribution in [3.63, 3.8) is 0 Å². The van der Waals surface area contributed by atoms with E-state index in [1.165, 1.54) is 6.08 Å². The molecule has 0 saturated carbocycles. The SMILES string of the molecule is CN(C)c1ccc(/C=C(\C#N)C(=O)OCC(=O)N2CCC(C(=O)Nc3ccccc3)CC2)cc1. The Morgan fingerprint density at radius 2 is 1.74 bits per heavy atom. The Morgan fingerprint density at radius 3 is 2.32 bits per heavy atom. The summed E-state index contributed by atoms with van der Waals surface area (Å²) in [5, 5.41) is 12.2. The van der Waals surface area contributed by atoms with Gasteiger partial charge in [0, 0.05) is 44.5 Å². The number of nitrogens with zero attached hydrogens (tertiary/aromatic N) is 3. The van der Waals surface area contributed by atoms with Crippen LogP contribution in [0.2, 0.25) is 0 Å². The maximum atomic E-state index is 12.5. The smallest absolute Gasteiger partial charge is 0.349 e. The number of nitrogens with one attached hydrogen (secondary N) is 1. The molecule has 1 N–H and O–H groups in total. The van der Waals surface area contributed by atoms with Crippen LogP contribution in [0, 0.1) is 17.2 Å². The van der Waals surface area contributed by atoms with Crippen LogP contribution < -0.4 is 10.2 Å². The molecule has 0 bridgehead atoms. The van der Waals surface area contributed by atoms with Gasteiger partial charge in [0.2, 0.25) is 5.91 Å². The van der Waals surface area contributed by atoms with Crippen LogP contribution in [0.1, 0.15) is 18.4 Å². The van der Waals surface area contributed by atoms with E-state index in [1.54, 1.807) is 17.0 Å². The van der Waals surface area contributed by atoms with E-state index in [2.05, 4.69) is 5.32 Å². The van der Waals surface area contributed by atoms with Crippen molar-refractivity contribution in [1.29, 1.82) is 5.26 Å². The monoisotopic (exact) mass is 460 g/mol. The first-order valence-electron chi connectivity index (χ1n) is 11.1. The zero-order valence-electron chi connectivity index (χ0n) is 19.4. The van der Waals surface area contributed by atoms with Crippen molar-refractivity contribution in [1.82, 2.24) is 4.90 Å². The van der Waals surface area contributed by atoms with Gasteiger partial charge in [-0.3, -0.25) is 9.59 Å². The van der Waals surface area contributed by atoms with Crippen molar-refractivity contribution in [2.75, 3.05) is 44.0 Å². The summed E-state index contributed by atoms with van der Waals surface area (Å²) >= 11 is 0. The predicted octanol–water partition coefficient (Wildman–Crippen LogP) is 3.08. The molecule has 0 aliphatic carbocycles. The van der Waals surface area contributed by atoms with Gasteiger partial charge >= 0.3 is 5.97 Å². The molecule has 1 aliphatic heterocycles. The normalized spacial score (nSPS) is 14.1. The Morgan fingerprint density at radius 1 is 1.09 bits per heavy atom. The minimum atomic E-state index is -0.843. The molecule has 1 heterocycles. The van der Waals surface area contributed by atoms with Crippen LogP contribution in [0.5, 0.6) is 0 Å². The molecule has 1 fully saturated rings.